The van der Waals surface area contributed by atoms with Crippen molar-refractivity contribution in [2.75, 3.05) is 18.4 Å². The summed E-state index contributed by atoms with van der Waals surface area (Å²) in [6.45, 7) is 2.97. The van der Waals surface area contributed by atoms with Crippen LogP contribution in [0.5, 0.6) is 0 Å². The van der Waals surface area contributed by atoms with Gasteiger partial charge in [-0.15, -0.1) is 5.10 Å². The minimum Gasteiger partial charge on any atom is -0.381 e. The van der Waals surface area contributed by atoms with E-state index in [1.807, 2.05) is 10.7 Å². The van der Waals surface area contributed by atoms with Crippen LogP contribution >= 0.6 is 0 Å². The summed E-state index contributed by atoms with van der Waals surface area (Å²) < 4.78 is 2.05. The zero-order valence-corrected chi connectivity index (χ0v) is 14.9. The second kappa shape index (κ2) is 8.15. The molecule has 2 aromatic carbocycles. The van der Waals surface area contributed by atoms with Gasteiger partial charge in [-0.2, -0.15) is 0 Å². The van der Waals surface area contributed by atoms with Gasteiger partial charge in [-0.1, -0.05) is 47.7 Å². The predicted molar refractivity (Wildman–Crippen MR) is 105 cm³/mol. The minimum atomic E-state index is 0.450. The third-order valence-electron chi connectivity index (χ3n) is 4.93. The van der Waals surface area contributed by atoms with Crippen LogP contribution in [0.2, 0.25) is 0 Å². The van der Waals surface area contributed by atoms with Gasteiger partial charge in [-0.3, -0.25) is 0 Å². The predicted octanol–water partition coefficient (Wildman–Crippen LogP) is 3.87. The van der Waals surface area contributed by atoms with Crippen molar-refractivity contribution in [1.29, 1.82) is 0 Å². The molecule has 0 amide bonds. The molecule has 1 aromatic heterocycles. The lowest BCUT2D eigenvalue weighted by molar-refractivity contribution is 0.405. The Balaban J connectivity index is 1.46. The number of nitrogens with zero attached hydrogens (tertiary/aromatic N) is 3. The van der Waals surface area contributed by atoms with Crippen molar-refractivity contribution >= 4 is 5.69 Å². The van der Waals surface area contributed by atoms with E-state index in [0.717, 1.165) is 49.4 Å². The lowest BCUT2D eigenvalue weighted by Crippen LogP contribution is -2.15. The molecule has 0 radical (unpaired) electrons. The summed E-state index contributed by atoms with van der Waals surface area (Å²) in [5, 5.41) is 15.8. The first kappa shape index (κ1) is 16.8. The lowest BCUT2D eigenvalue weighted by Gasteiger charge is -2.12. The van der Waals surface area contributed by atoms with Gasteiger partial charge in [0.2, 0.25) is 0 Å². The third kappa shape index (κ3) is 4.11. The average Bonchev–Trinajstić information content (AvgIpc) is 3.03. The standard InChI is InChI=1S/C21H25N5/c1-2-6-17(7-3-1)15-23-19-9-4-8-18(14-19)21-16-26(25-24-21)20-10-5-12-22-13-11-20/h1-4,6-9,14,16,20,22-23H,5,10-13,15H2. The Morgan fingerprint density at radius 2 is 1.96 bits per heavy atom. The molecule has 5 heteroatoms. The van der Waals surface area contributed by atoms with Crippen LogP contribution in [0.3, 0.4) is 0 Å². The van der Waals surface area contributed by atoms with Crippen molar-refractivity contribution in [3.8, 4) is 11.3 Å². The molecule has 3 aromatic rings. The molecular weight excluding hydrogens is 322 g/mol. The van der Waals surface area contributed by atoms with Gasteiger partial charge < -0.3 is 10.6 Å². The number of rotatable bonds is 5. The molecule has 2 N–H and O–H groups in total. The van der Waals surface area contributed by atoms with E-state index in [4.69, 9.17) is 0 Å². The molecule has 1 aliphatic rings. The largest absolute Gasteiger partial charge is 0.381 e. The fourth-order valence-corrected chi connectivity index (χ4v) is 3.44. The zero-order valence-electron chi connectivity index (χ0n) is 14.9. The maximum absolute atomic E-state index is 4.42. The Labute approximate surface area is 154 Å². The lowest BCUT2D eigenvalue weighted by atomic mass is 10.1. The highest BCUT2D eigenvalue weighted by molar-refractivity contribution is 5.64. The minimum absolute atomic E-state index is 0.450. The number of nitrogens with one attached hydrogen (secondary N) is 2. The van der Waals surface area contributed by atoms with Crippen LogP contribution in [0, 0.1) is 0 Å². The second-order valence-electron chi connectivity index (χ2n) is 6.84. The van der Waals surface area contributed by atoms with Crippen LogP contribution in [0.4, 0.5) is 5.69 Å². The molecule has 0 aliphatic carbocycles. The Morgan fingerprint density at radius 3 is 2.88 bits per heavy atom. The number of anilines is 1. The molecule has 1 atom stereocenters. The molecule has 4 rings (SSSR count). The van der Waals surface area contributed by atoms with Crippen molar-refractivity contribution in [3.63, 3.8) is 0 Å². The van der Waals surface area contributed by atoms with Crippen molar-refractivity contribution in [1.82, 2.24) is 20.3 Å². The molecule has 0 bridgehead atoms. The monoisotopic (exact) mass is 347 g/mol. The van der Waals surface area contributed by atoms with Crippen molar-refractivity contribution in [3.05, 3.63) is 66.4 Å². The van der Waals surface area contributed by atoms with E-state index in [-0.39, 0.29) is 0 Å². The topological polar surface area (TPSA) is 54.8 Å². The molecule has 1 aliphatic heterocycles. The van der Waals surface area contributed by atoms with Crippen LogP contribution in [0.1, 0.15) is 30.9 Å². The fourth-order valence-electron chi connectivity index (χ4n) is 3.44. The molecule has 26 heavy (non-hydrogen) atoms. The van der Waals surface area contributed by atoms with Gasteiger partial charge in [0.1, 0.15) is 5.69 Å². The van der Waals surface area contributed by atoms with E-state index in [1.165, 1.54) is 12.0 Å². The summed E-state index contributed by atoms with van der Waals surface area (Å²) in [5.74, 6) is 0. The van der Waals surface area contributed by atoms with Crippen LogP contribution in [-0.4, -0.2) is 28.1 Å². The van der Waals surface area contributed by atoms with Crippen LogP contribution in [0.15, 0.2) is 60.8 Å². The highest BCUT2D eigenvalue weighted by atomic mass is 15.4. The average molecular weight is 347 g/mol. The van der Waals surface area contributed by atoms with Crippen LogP contribution in [0.25, 0.3) is 11.3 Å². The third-order valence-corrected chi connectivity index (χ3v) is 4.93. The summed E-state index contributed by atoms with van der Waals surface area (Å²) in [7, 11) is 0. The maximum atomic E-state index is 4.42. The fraction of sp³-hybridized carbons (Fsp3) is 0.333. The maximum Gasteiger partial charge on any atom is 0.113 e. The number of hydrogen-bond acceptors (Lipinski definition) is 4. The van der Waals surface area contributed by atoms with E-state index in [2.05, 4.69) is 75.7 Å². The van der Waals surface area contributed by atoms with Gasteiger partial charge in [0.05, 0.1) is 12.2 Å². The summed E-state index contributed by atoms with van der Waals surface area (Å²) in [4.78, 5) is 0. The molecule has 0 saturated carbocycles. The van der Waals surface area contributed by atoms with E-state index >= 15 is 0 Å². The highest BCUT2D eigenvalue weighted by Crippen LogP contribution is 2.24. The van der Waals surface area contributed by atoms with Crippen LogP contribution in [-0.2, 0) is 6.54 Å². The van der Waals surface area contributed by atoms with Gasteiger partial charge in [0.25, 0.3) is 0 Å². The van der Waals surface area contributed by atoms with Gasteiger partial charge in [-0.25, -0.2) is 4.68 Å². The van der Waals surface area contributed by atoms with Crippen molar-refractivity contribution < 1.29 is 0 Å². The van der Waals surface area contributed by atoms with E-state index in [1.54, 1.807) is 0 Å². The van der Waals surface area contributed by atoms with Crippen molar-refractivity contribution in [2.45, 2.75) is 31.8 Å². The summed E-state index contributed by atoms with van der Waals surface area (Å²) in [6.07, 6.45) is 5.56. The Bertz CT molecular complexity index is 819. The van der Waals surface area contributed by atoms with E-state index in [0.29, 0.717) is 6.04 Å². The first-order valence-electron chi connectivity index (χ1n) is 9.39. The first-order chi connectivity index (χ1) is 12.9. The molecule has 1 fully saturated rings. The SMILES string of the molecule is c1ccc(CNc2cccc(-c3cn(C4CCCNCC4)nn3)c2)cc1. The highest BCUT2D eigenvalue weighted by Gasteiger charge is 2.16. The van der Waals surface area contributed by atoms with E-state index in [9.17, 15) is 0 Å². The van der Waals surface area contributed by atoms with Crippen molar-refractivity contribution in [2.24, 2.45) is 0 Å². The Kier molecular flexibility index (Phi) is 5.26. The number of hydrogen-bond donors (Lipinski definition) is 2. The summed E-state index contributed by atoms with van der Waals surface area (Å²) in [6, 6.07) is 19.3. The molecule has 1 saturated heterocycles. The van der Waals surface area contributed by atoms with Gasteiger partial charge in [0.15, 0.2) is 0 Å². The smallest absolute Gasteiger partial charge is 0.113 e. The van der Waals surface area contributed by atoms with Gasteiger partial charge in [-0.05, 0) is 50.0 Å². The van der Waals surface area contributed by atoms with Crippen LogP contribution < -0.4 is 10.6 Å². The zero-order chi connectivity index (χ0) is 17.6. The first-order valence-corrected chi connectivity index (χ1v) is 9.39. The van der Waals surface area contributed by atoms with Gasteiger partial charge in [0, 0.05) is 17.8 Å². The number of benzene rings is 2. The second-order valence-corrected chi connectivity index (χ2v) is 6.84. The Morgan fingerprint density at radius 1 is 1.04 bits per heavy atom. The molecular formula is C21H25N5. The summed E-state index contributed by atoms with van der Waals surface area (Å²) in [5.41, 5.74) is 4.40. The van der Waals surface area contributed by atoms with E-state index < -0.39 is 0 Å². The summed E-state index contributed by atoms with van der Waals surface area (Å²) >= 11 is 0. The Hall–Kier alpha value is -2.66. The normalized spacial score (nSPS) is 17.6. The molecule has 1 unspecified atom stereocenters. The molecule has 2 heterocycles. The number of aromatic nitrogens is 3. The molecule has 134 valence electrons. The quantitative estimate of drug-likeness (QED) is 0.736. The molecule has 5 nitrogen and oxygen atoms in total. The van der Waals surface area contributed by atoms with Gasteiger partial charge >= 0.3 is 0 Å². The molecule has 0 spiro atoms.